The molecule has 0 radical (unpaired) electrons. The number of hydrogen-bond donors (Lipinski definition) is 0. The van der Waals surface area contributed by atoms with E-state index < -0.39 is 0 Å². The number of carbonyl (C=O) groups is 1. The zero-order valence-electron chi connectivity index (χ0n) is 13.7. The molecule has 0 N–H and O–H groups in total. The van der Waals surface area contributed by atoms with Crippen LogP contribution in [0.5, 0.6) is 0 Å². The lowest BCUT2D eigenvalue weighted by Gasteiger charge is -2.30. The number of aryl methyl sites for hydroxylation is 2. The largest absolute Gasteiger partial charge is 0.336 e. The van der Waals surface area contributed by atoms with Gasteiger partial charge in [0.2, 0.25) is 5.91 Å². The molecule has 23 heavy (non-hydrogen) atoms. The number of aromatic nitrogens is 3. The molecule has 1 aliphatic rings. The number of likely N-dealkylation sites (tertiary alicyclic amines) is 1. The normalized spacial score (nSPS) is 18.7. The Morgan fingerprint density at radius 3 is 2.83 bits per heavy atom. The van der Waals surface area contributed by atoms with Gasteiger partial charge in [0.25, 0.3) is 0 Å². The zero-order chi connectivity index (χ0) is 16.1. The van der Waals surface area contributed by atoms with Crippen molar-refractivity contribution < 1.29 is 4.79 Å². The summed E-state index contributed by atoms with van der Waals surface area (Å²) in [4.78, 5) is 19.0. The number of carbonyl (C=O) groups excluding carboxylic acids is 1. The maximum Gasteiger partial charge on any atom is 0.223 e. The molecule has 1 amide bonds. The van der Waals surface area contributed by atoms with Gasteiger partial charge in [-0.1, -0.05) is 12.8 Å². The topological polar surface area (TPSA) is 51.0 Å². The fraction of sp³-hybridized carbons (Fsp3) is 0.500. The summed E-state index contributed by atoms with van der Waals surface area (Å²) in [5.41, 5.74) is 2.33. The van der Waals surface area contributed by atoms with Crippen molar-refractivity contribution in [2.45, 2.75) is 44.6 Å². The highest BCUT2D eigenvalue weighted by Crippen LogP contribution is 2.30. The highest BCUT2D eigenvalue weighted by atomic mass is 16.2. The molecule has 0 aromatic carbocycles. The van der Waals surface area contributed by atoms with Crippen molar-refractivity contribution in [3.05, 3.63) is 48.0 Å². The van der Waals surface area contributed by atoms with E-state index in [9.17, 15) is 4.79 Å². The molecule has 5 heteroatoms. The predicted molar refractivity (Wildman–Crippen MR) is 88.7 cm³/mol. The summed E-state index contributed by atoms with van der Waals surface area (Å²) >= 11 is 0. The Morgan fingerprint density at radius 1 is 1.26 bits per heavy atom. The molecule has 5 nitrogen and oxygen atoms in total. The molecule has 0 bridgehead atoms. The summed E-state index contributed by atoms with van der Waals surface area (Å²) in [6.07, 6.45) is 13.3. The van der Waals surface area contributed by atoms with Crippen LogP contribution in [0.3, 0.4) is 0 Å². The van der Waals surface area contributed by atoms with Crippen LogP contribution < -0.4 is 0 Å². The minimum Gasteiger partial charge on any atom is -0.336 e. The minimum atomic E-state index is 0.196. The fourth-order valence-corrected chi connectivity index (χ4v) is 3.33. The van der Waals surface area contributed by atoms with Crippen molar-refractivity contribution in [3.8, 4) is 0 Å². The molecule has 3 heterocycles. The Kier molecular flexibility index (Phi) is 5.05. The number of nitrogens with zero attached hydrogens (tertiary/aromatic N) is 4. The first kappa shape index (κ1) is 15.7. The second kappa shape index (κ2) is 7.40. The summed E-state index contributed by atoms with van der Waals surface area (Å²) in [7, 11) is 1.90. The molecule has 0 spiro atoms. The van der Waals surface area contributed by atoms with Crippen LogP contribution in [-0.4, -0.2) is 32.1 Å². The van der Waals surface area contributed by atoms with E-state index in [4.69, 9.17) is 0 Å². The van der Waals surface area contributed by atoms with Gasteiger partial charge in [-0.05, 0) is 42.5 Å². The van der Waals surface area contributed by atoms with Crippen LogP contribution in [0, 0.1) is 0 Å². The molecule has 1 atom stereocenters. The van der Waals surface area contributed by atoms with Crippen LogP contribution in [0.25, 0.3) is 0 Å². The maximum absolute atomic E-state index is 12.8. The summed E-state index contributed by atoms with van der Waals surface area (Å²) in [6.45, 7) is 0.860. The van der Waals surface area contributed by atoms with Gasteiger partial charge < -0.3 is 4.90 Å². The summed E-state index contributed by atoms with van der Waals surface area (Å²) in [5, 5.41) is 4.17. The van der Waals surface area contributed by atoms with E-state index in [1.165, 1.54) is 18.4 Å². The molecule has 0 unspecified atom stereocenters. The van der Waals surface area contributed by atoms with Crippen molar-refractivity contribution in [1.29, 1.82) is 0 Å². The Morgan fingerprint density at radius 2 is 2.09 bits per heavy atom. The Bertz CT molecular complexity index is 637. The molecule has 122 valence electrons. The minimum absolute atomic E-state index is 0.196. The molecule has 2 aromatic rings. The van der Waals surface area contributed by atoms with E-state index in [0.29, 0.717) is 6.42 Å². The van der Waals surface area contributed by atoms with E-state index in [-0.39, 0.29) is 11.9 Å². The molecule has 1 fully saturated rings. The van der Waals surface area contributed by atoms with Crippen LogP contribution in [0.2, 0.25) is 0 Å². The lowest BCUT2D eigenvalue weighted by atomic mass is 10.0. The summed E-state index contributed by atoms with van der Waals surface area (Å²) in [5.74, 6) is 0.248. The van der Waals surface area contributed by atoms with Crippen molar-refractivity contribution in [2.24, 2.45) is 7.05 Å². The van der Waals surface area contributed by atoms with Gasteiger partial charge >= 0.3 is 0 Å². The third-order valence-corrected chi connectivity index (χ3v) is 4.55. The van der Waals surface area contributed by atoms with Crippen molar-refractivity contribution in [2.75, 3.05) is 6.54 Å². The van der Waals surface area contributed by atoms with Gasteiger partial charge in [0.15, 0.2) is 0 Å². The van der Waals surface area contributed by atoms with E-state index in [0.717, 1.165) is 31.4 Å². The first-order chi connectivity index (χ1) is 11.2. The molecule has 0 aliphatic carbocycles. The van der Waals surface area contributed by atoms with Crippen molar-refractivity contribution >= 4 is 5.91 Å². The van der Waals surface area contributed by atoms with Crippen LogP contribution in [0.4, 0.5) is 0 Å². The van der Waals surface area contributed by atoms with Crippen LogP contribution in [-0.2, 0) is 18.3 Å². The summed E-state index contributed by atoms with van der Waals surface area (Å²) in [6, 6.07) is 4.27. The fourth-order valence-electron chi connectivity index (χ4n) is 3.33. The number of rotatable bonds is 4. The van der Waals surface area contributed by atoms with Gasteiger partial charge in [-0.15, -0.1) is 0 Å². The third-order valence-electron chi connectivity index (χ3n) is 4.55. The maximum atomic E-state index is 12.8. The zero-order valence-corrected chi connectivity index (χ0v) is 13.7. The van der Waals surface area contributed by atoms with E-state index in [1.807, 2.05) is 44.0 Å². The standard InChI is InChI=1S/C18H24N4O/c1-21-14-15(13-20-21)6-7-18(23)22-12-4-2-3-5-17(22)16-8-10-19-11-9-16/h8-11,13-14,17H,2-7,12H2,1H3/t17-/m0/s1. The second-order valence-corrected chi connectivity index (χ2v) is 6.26. The molecular formula is C18H24N4O. The van der Waals surface area contributed by atoms with Crippen LogP contribution in [0.1, 0.15) is 49.3 Å². The average molecular weight is 312 g/mol. The lowest BCUT2D eigenvalue weighted by molar-refractivity contribution is -0.133. The average Bonchev–Trinajstić information content (AvgIpc) is 2.85. The summed E-state index contributed by atoms with van der Waals surface area (Å²) < 4.78 is 1.78. The van der Waals surface area contributed by atoms with Crippen LogP contribution >= 0.6 is 0 Å². The smallest absolute Gasteiger partial charge is 0.223 e. The highest BCUT2D eigenvalue weighted by molar-refractivity contribution is 5.77. The van der Waals surface area contributed by atoms with Crippen molar-refractivity contribution in [1.82, 2.24) is 19.7 Å². The Balaban J connectivity index is 1.70. The van der Waals surface area contributed by atoms with E-state index in [1.54, 1.807) is 4.68 Å². The highest BCUT2D eigenvalue weighted by Gasteiger charge is 2.26. The lowest BCUT2D eigenvalue weighted by Crippen LogP contribution is -2.35. The first-order valence-corrected chi connectivity index (χ1v) is 8.41. The van der Waals surface area contributed by atoms with Gasteiger partial charge in [0.05, 0.1) is 12.2 Å². The van der Waals surface area contributed by atoms with Gasteiger partial charge in [-0.25, -0.2) is 0 Å². The molecule has 0 saturated carbocycles. The monoisotopic (exact) mass is 312 g/mol. The quantitative estimate of drug-likeness (QED) is 0.872. The van der Waals surface area contributed by atoms with E-state index >= 15 is 0 Å². The first-order valence-electron chi connectivity index (χ1n) is 8.41. The number of pyridine rings is 1. The van der Waals surface area contributed by atoms with Gasteiger partial charge in [0.1, 0.15) is 0 Å². The number of amides is 1. The van der Waals surface area contributed by atoms with Gasteiger partial charge in [-0.3, -0.25) is 14.5 Å². The molecule has 3 rings (SSSR count). The molecular weight excluding hydrogens is 288 g/mol. The molecule has 2 aromatic heterocycles. The number of hydrogen-bond acceptors (Lipinski definition) is 3. The van der Waals surface area contributed by atoms with Gasteiger partial charge in [0, 0.05) is 38.6 Å². The Hall–Kier alpha value is -2.17. The van der Waals surface area contributed by atoms with Crippen molar-refractivity contribution in [3.63, 3.8) is 0 Å². The van der Waals surface area contributed by atoms with Crippen LogP contribution in [0.15, 0.2) is 36.9 Å². The van der Waals surface area contributed by atoms with E-state index in [2.05, 4.69) is 15.0 Å². The molecule has 1 aliphatic heterocycles. The SMILES string of the molecule is Cn1cc(CCC(=O)N2CCCCC[C@H]2c2ccncc2)cn1. The second-order valence-electron chi connectivity index (χ2n) is 6.26. The Labute approximate surface area is 137 Å². The molecule has 1 saturated heterocycles. The predicted octanol–water partition coefficient (Wildman–Crippen LogP) is 2.89. The van der Waals surface area contributed by atoms with Gasteiger partial charge in [-0.2, -0.15) is 5.10 Å². The third kappa shape index (κ3) is 3.97.